The summed E-state index contributed by atoms with van der Waals surface area (Å²) in [5.41, 5.74) is 3.24. The zero-order valence-corrected chi connectivity index (χ0v) is 17.2. The predicted molar refractivity (Wildman–Crippen MR) is 120 cm³/mol. The first kappa shape index (κ1) is 18.6. The molecule has 3 heterocycles. The summed E-state index contributed by atoms with van der Waals surface area (Å²) in [5, 5.41) is 5.26. The van der Waals surface area contributed by atoms with Gasteiger partial charge in [0.05, 0.1) is 20.7 Å². The summed E-state index contributed by atoms with van der Waals surface area (Å²) in [6.45, 7) is 4.29. The minimum atomic E-state index is -0.333. The van der Waals surface area contributed by atoms with Crippen LogP contribution in [0.15, 0.2) is 60.9 Å². The van der Waals surface area contributed by atoms with E-state index in [4.69, 9.17) is 9.97 Å². The summed E-state index contributed by atoms with van der Waals surface area (Å²) in [7, 11) is 0. The van der Waals surface area contributed by atoms with Crippen molar-refractivity contribution in [3.05, 3.63) is 71.7 Å². The van der Waals surface area contributed by atoms with Crippen LogP contribution in [0, 0.1) is 5.82 Å². The highest BCUT2D eigenvalue weighted by molar-refractivity contribution is 7.18. The van der Waals surface area contributed by atoms with Gasteiger partial charge in [0.15, 0.2) is 5.82 Å². The number of rotatable bonds is 4. The van der Waals surface area contributed by atoms with Gasteiger partial charge in [0.25, 0.3) is 0 Å². The van der Waals surface area contributed by atoms with Gasteiger partial charge in [-0.3, -0.25) is 4.98 Å². The number of thiazole rings is 1. The van der Waals surface area contributed by atoms with Crippen LogP contribution in [0.4, 0.5) is 15.9 Å². The lowest BCUT2D eigenvalue weighted by molar-refractivity contribution is 0.629. The molecular weight excluding hydrogens is 397 g/mol. The molecule has 0 unspecified atom stereocenters. The Kier molecular flexibility index (Phi) is 4.59. The second-order valence-electron chi connectivity index (χ2n) is 7.31. The van der Waals surface area contributed by atoms with Crippen LogP contribution in [0.25, 0.3) is 32.5 Å². The van der Waals surface area contributed by atoms with Crippen LogP contribution in [0.2, 0.25) is 0 Å². The summed E-state index contributed by atoms with van der Waals surface area (Å²) in [5.74, 6) is 1.20. The van der Waals surface area contributed by atoms with Crippen LogP contribution in [0.1, 0.15) is 24.8 Å². The van der Waals surface area contributed by atoms with E-state index in [0.29, 0.717) is 23.1 Å². The van der Waals surface area contributed by atoms with Crippen molar-refractivity contribution < 1.29 is 4.39 Å². The maximum atomic E-state index is 13.9. The number of pyridine rings is 1. The molecule has 7 heteroatoms. The number of hydrogen-bond donors (Lipinski definition) is 1. The maximum Gasteiger partial charge on any atom is 0.162 e. The number of nitrogens with one attached hydrogen (secondary N) is 1. The first-order valence-electron chi connectivity index (χ1n) is 9.62. The molecule has 1 N–H and O–H groups in total. The van der Waals surface area contributed by atoms with Gasteiger partial charge in [0.1, 0.15) is 11.6 Å². The van der Waals surface area contributed by atoms with Gasteiger partial charge in [-0.2, -0.15) is 0 Å². The lowest BCUT2D eigenvalue weighted by Gasteiger charge is -2.11. The van der Waals surface area contributed by atoms with Crippen molar-refractivity contribution in [2.45, 2.75) is 19.8 Å². The van der Waals surface area contributed by atoms with Crippen molar-refractivity contribution in [1.29, 1.82) is 0 Å². The molecule has 148 valence electrons. The Hall–Kier alpha value is -3.45. The first-order valence-corrected chi connectivity index (χ1v) is 10.4. The number of anilines is 2. The fourth-order valence-electron chi connectivity index (χ4n) is 3.23. The third-order valence-electron chi connectivity index (χ3n) is 4.76. The van der Waals surface area contributed by atoms with Gasteiger partial charge in [0.2, 0.25) is 0 Å². The van der Waals surface area contributed by atoms with Gasteiger partial charge in [-0.15, -0.1) is 11.3 Å². The van der Waals surface area contributed by atoms with Crippen molar-refractivity contribution in [2.24, 2.45) is 0 Å². The summed E-state index contributed by atoms with van der Waals surface area (Å²) in [6.07, 6.45) is 3.37. The highest BCUT2D eigenvalue weighted by Crippen LogP contribution is 2.32. The lowest BCUT2D eigenvalue weighted by Crippen LogP contribution is -1.99. The molecule has 0 aliphatic heterocycles. The Morgan fingerprint density at radius 3 is 2.53 bits per heavy atom. The third kappa shape index (κ3) is 3.48. The monoisotopic (exact) mass is 415 g/mol. The van der Waals surface area contributed by atoms with Gasteiger partial charge in [-0.05, 0) is 42.5 Å². The van der Waals surface area contributed by atoms with Gasteiger partial charge in [-0.25, -0.2) is 19.3 Å². The molecule has 0 radical (unpaired) electrons. The van der Waals surface area contributed by atoms with Crippen molar-refractivity contribution in [3.63, 3.8) is 0 Å². The maximum absolute atomic E-state index is 13.9. The fraction of sp³-hybridized carbons (Fsp3) is 0.130. The second kappa shape index (κ2) is 7.42. The number of nitrogens with zero attached hydrogens (tertiary/aromatic N) is 4. The van der Waals surface area contributed by atoms with E-state index in [1.807, 2.05) is 24.3 Å². The number of fused-ring (bicyclic) bond motifs is 2. The van der Waals surface area contributed by atoms with E-state index in [0.717, 1.165) is 31.9 Å². The van der Waals surface area contributed by atoms with Crippen LogP contribution in [-0.4, -0.2) is 19.9 Å². The largest absolute Gasteiger partial charge is 0.340 e. The van der Waals surface area contributed by atoms with Gasteiger partial charge < -0.3 is 5.32 Å². The molecular formula is C23H18FN5S. The van der Waals surface area contributed by atoms with Crippen molar-refractivity contribution in [3.8, 4) is 11.4 Å². The molecule has 0 saturated heterocycles. The zero-order valence-electron chi connectivity index (χ0n) is 16.4. The van der Waals surface area contributed by atoms with Crippen LogP contribution < -0.4 is 5.32 Å². The van der Waals surface area contributed by atoms with E-state index in [1.54, 1.807) is 29.8 Å². The van der Waals surface area contributed by atoms with E-state index in [2.05, 4.69) is 35.2 Å². The Bertz CT molecular complexity index is 1360. The van der Waals surface area contributed by atoms with E-state index >= 15 is 0 Å². The minimum absolute atomic E-state index is 0.333. The van der Waals surface area contributed by atoms with Gasteiger partial charge >= 0.3 is 0 Å². The summed E-state index contributed by atoms with van der Waals surface area (Å²) >= 11 is 1.70. The number of hydrogen-bond acceptors (Lipinski definition) is 6. The summed E-state index contributed by atoms with van der Waals surface area (Å²) < 4.78 is 15.0. The third-order valence-corrected chi connectivity index (χ3v) is 6.08. The average molecular weight is 415 g/mol. The van der Waals surface area contributed by atoms with Crippen molar-refractivity contribution >= 4 is 44.0 Å². The molecule has 0 aliphatic carbocycles. The van der Waals surface area contributed by atoms with Crippen LogP contribution in [0.5, 0.6) is 0 Å². The van der Waals surface area contributed by atoms with E-state index in [1.165, 1.54) is 12.1 Å². The number of halogens is 1. The van der Waals surface area contributed by atoms with E-state index in [9.17, 15) is 4.39 Å². The molecule has 0 saturated carbocycles. The molecule has 0 atom stereocenters. The predicted octanol–water partition coefficient (Wildman–Crippen LogP) is 6.31. The number of benzene rings is 2. The summed E-state index contributed by atoms with van der Waals surface area (Å²) in [6, 6.07) is 14.3. The molecule has 0 amide bonds. The highest BCUT2D eigenvalue weighted by Gasteiger charge is 2.12. The Morgan fingerprint density at radius 2 is 1.73 bits per heavy atom. The second-order valence-corrected chi connectivity index (χ2v) is 8.37. The smallest absolute Gasteiger partial charge is 0.162 e. The zero-order chi connectivity index (χ0) is 20.7. The Labute approximate surface area is 176 Å². The highest BCUT2D eigenvalue weighted by atomic mass is 32.1. The molecule has 5 nitrogen and oxygen atoms in total. The topological polar surface area (TPSA) is 63.6 Å². The van der Waals surface area contributed by atoms with E-state index < -0.39 is 0 Å². The molecule has 0 aliphatic rings. The Morgan fingerprint density at radius 1 is 0.900 bits per heavy atom. The molecule has 0 bridgehead atoms. The van der Waals surface area contributed by atoms with Crippen LogP contribution in [-0.2, 0) is 0 Å². The minimum Gasteiger partial charge on any atom is -0.340 e. The lowest BCUT2D eigenvalue weighted by atomic mass is 10.2. The standard InChI is InChI=1S/C23H18FN5S/c1-13(2)23-28-18-6-4-16(12-20(18)30-23)26-22-17-5-3-15(24)11-19(17)27-21(29-22)14-7-9-25-10-8-14/h3-13H,1-2H3,(H,26,27,29). The van der Waals surface area contributed by atoms with Gasteiger partial charge in [0, 0.05) is 41.0 Å². The Balaban J connectivity index is 1.61. The first-order chi connectivity index (χ1) is 14.6. The molecule has 30 heavy (non-hydrogen) atoms. The molecule has 3 aromatic heterocycles. The molecule has 5 aromatic rings. The molecule has 0 fully saturated rings. The van der Waals surface area contributed by atoms with Crippen molar-refractivity contribution in [2.75, 3.05) is 5.32 Å². The van der Waals surface area contributed by atoms with E-state index in [-0.39, 0.29) is 5.82 Å². The van der Waals surface area contributed by atoms with Crippen molar-refractivity contribution in [1.82, 2.24) is 19.9 Å². The average Bonchev–Trinajstić information content (AvgIpc) is 3.18. The SMILES string of the molecule is CC(C)c1nc2ccc(Nc3nc(-c4ccncc4)nc4cc(F)ccc34)cc2s1. The quantitative estimate of drug-likeness (QED) is 0.373. The summed E-state index contributed by atoms with van der Waals surface area (Å²) in [4.78, 5) is 18.0. The van der Waals surface area contributed by atoms with Crippen LogP contribution in [0.3, 0.4) is 0 Å². The molecule has 0 spiro atoms. The normalized spacial score (nSPS) is 11.5. The van der Waals surface area contributed by atoms with Crippen LogP contribution >= 0.6 is 11.3 Å². The molecule has 5 rings (SSSR count). The van der Waals surface area contributed by atoms with Gasteiger partial charge in [-0.1, -0.05) is 13.8 Å². The fourth-order valence-corrected chi connectivity index (χ4v) is 4.24. The molecule has 2 aromatic carbocycles. The number of aromatic nitrogens is 4.